The molecule has 4 nitrogen and oxygen atoms in total. The molecule has 0 bridgehead atoms. The van der Waals surface area contributed by atoms with Crippen molar-refractivity contribution in [3.05, 3.63) is 11.7 Å². The zero-order valence-electron chi connectivity index (χ0n) is 12.8. The highest BCUT2D eigenvalue weighted by Crippen LogP contribution is 2.49. The molecule has 108 valence electrons. The lowest BCUT2D eigenvalue weighted by atomic mass is 9.61. The van der Waals surface area contributed by atoms with Crippen molar-refractivity contribution in [2.45, 2.75) is 65.8 Å². The maximum Gasteiger partial charge on any atom is 0.230 e. The van der Waals surface area contributed by atoms with Gasteiger partial charge in [-0.3, -0.25) is 0 Å². The lowest BCUT2D eigenvalue weighted by Gasteiger charge is -2.45. The Hall–Kier alpha value is -0.900. The van der Waals surface area contributed by atoms with Crippen molar-refractivity contribution in [3.8, 4) is 0 Å². The molecular formula is C15H27N3O. The summed E-state index contributed by atoms with van der Waals surface area (Å²) >= 11 is 0. The van der Waals surface area contributed by atoms with E-state index in [9.17, 15) is 0 Å². The molecule has 0 spiro atoms. The zero-order valence-corrected chi connectivity index (χ0v) is 12.8. The molecule has 2 rings (SSSR count). The summed E-state index contributed by atoms with van der Waals surface area (Å²) in [6.45, 7) is 11.1. The van der Waals surface area contributed by atoms with Gasteiger partial charge >= 0.3 is 0 Å². The number of nitrogens with zero attached hydrogens (tertiary/aromatic N) is 2. The molecule has 1 saturated carbocycles. The summed E-state index contributed by atoms with van der Waals surface area (Å²) in [5.41, 5.74) is 6.31. The Morgan fingerprint density at radius 1 is 1.37 bits per heavy atom. The van der Waals surface area contributed by atoms with Crippen LogP contribution in [0.2, 0.25) is 0 Å². The van der Waals surface area contributed by atoms with Crippen molar-refractivity contribution in [3.63, 3.8) is 0 Å². The Morgan fingerprint density at radius 3 is 2.68 bits per heavy atom. The average molecular weight is 265 g/mol. The molecule has 19 heavy (non-hydrogen) atoms. The predicted molar refractivity (Wildman–Crippen MR) is 75.7 cm³/mol. The normalized spacial score (nSPS) is 30.8. The van der Waals surface area contributed by atoms with E-state index in [-0.39, 0.29) is 11.5 Å². The molecule has 0 saturated heterocycles. The Balaban J connectivity index is 2.19. The highest BCUT2D eigenvalue weighted by molar-refractivity contribution is 5.06. The van der Waals surface area contributed by atoms with E-state index in [4.69, 9.17) is 10.3 Å². The first kappa shape index (κ1) is 14.5. The first-order chi connectivity index (χ1) is 8.82. The fourth-order valence-corrected chi connectivity index (χ4v) is 3.15. The lowest BCUT2D eigenvalue weighted by Crippen LogP contribution is -2.45. The number of rotatable bonds is 3. The number of hydrogen-bond acceptors (Lipinski definition) is 4. The molecule has 3 atom stereocenters. The zero-order chi connectivity index (χ0) is 14.2. The largest absolute Gasteiger partial charge is 0.339 e. The van der Waals surface area contributed by atoms with E-state index in [1.54, 1.807) is 0 Å². The van der Waals surface area contributed by atoms with Gasteiger partial charge in [0.05, 0.1) is 0 Å². The number of nitrogens with two attached hydrogens (primary N) is 1. The molecule has 1 heterocycles. The van der Waals surface area contributed by atoms with Crippen LogP contribution in [0.1, 0.15) is 65.1 Å². The smallest absolute Gasteiger partial charge is 0.230 e. The summed E-state index contributed by atoms with van der Waals surface area (Å²) in [6, 6.07) is 0.282. The molecule has 1 aromatic rings. The van der Waals surface area contributed by atoms with Crippen LogP contribution in [0.5, 0.6) is 0 Å². The summed E-state index contributed by atoms with van der Waals surface area (Å²) in [4.78, 5) is 4.61. The van der Waals surface area contributed by atoms with Crippen LogP contribution in [-0.2, 0) is 6.42 Å². The highest BCUT2D eigenvalue weighted by atomic mass is 16.5. The Morgan fingerprint density at radius 2 is 2.05 bits per heavy atom. The molecule has 0 radical (unpaired) electrons. The minimum atomic E-state index is 0.110. The third kappa shape index (κ3) is 2.83. The van der Waals surface area contributed by atoms with E-state index in [0.717, 1.165) is 31.0 Å². The van der Waals surface area contributed by atoms with Crippen molar-refractivity contribution in [1.82, 2.24) is 10.1 Å². The first-order valence-corrected chi connectivity index (χ1v) is 7.40. The summed E-state index contributed by atoms with van der Waals surface area (Å²) in [7, 11) is 0. The topological polar surface area (TPSA) is 64.9 Å². The summed E-state index contributed by atoms with van der Waals surface area (Å²) in [5.74, 6) is 2.99. The van der Waals surface area contributed by atoms with Gasteiger partial charge in [0.1, 0.15) is 0 Å². The van der Waals surface area contributed by atoms with Gasteiger partial charge in [0.2, 0.25) is 5.89 Å². The third-order valence-electron chi connectivity index (χ3n) is 4.88. The average Bonchev–Trinajstić information content (AvgIpc) is 2.73. The number of aromatic nitrogens is 2. The molecule has 1 fully saturated rings. The van der Waals surface area contributed by atoms with Gasteiger partial charge in [-0.05, 0) is 30.1 Å². The van der Waals surface area contributed by atoms with Crippen LogP contribution in [0.3, 0.4) is 0 Å². The Kier molecular flexibility index (Phi) is 4.00. The van der Waals surface area contributed by atoms with Gasteiger partial charge < -0.3 is 10.3 Å². The van der Waals surface area contributed by atoms with Crippen LogP contribution >= 0.6 is 0 Å². The van der Waals surface area contributed by atoms with E-state index in [2.05, 4.69) is 44.8 Å². The fourth-order valence-electron chi connectivity index (χ4n) is 3.15. The van der Waals surface area contributed by atoms with Crippen LogP contribution in [0.25, 0.3) is 0 Å². The van der Waals surface area contributed by atoms with E-state index >= 15 is 0 Å². The van der Waals surface area contributed by atoms with Crippen molar-refractivity contribution < 1.29 is 4.52 Å². The molecule has 3 unspecified atom stereocenters. The number of hydrogen-bond donors (Lipinski definition) is 1. The summed E-state index contributed by atoms with van der Waals surface area (Å²) in [5, 5.41) is 4.12. The van der Waals surface area contributed by atoms with Gasteiger partial charge in [-0.1, -0.05) is 39.8 Å². The molecule has 1 aromatic heterocycles. The van der Waals surface area contributed by atoms with E-state index in [1.165, 1.54) is 0 Å². The first-order valence-electron chi connectivity index (χ1n) is 7.40. The second-order valence-corrected chi connectivity index (χ2v) is 7.05. The van der Waals surface area contributed by atoms with Gasteiger partial charge in [0.15, 0.2) is 5.82 Å². The van der Waals surface area contributed by atoms with Crippen LogP contribution in [-0.4, -0.2) is 16.2 Å². The van der Waals surface area contributed by atoms with Gasteiger partial charge in [-0.15, -0.1) is 0 Å². The standard InChI is InChI=1S/C15H27N3O/c1-9(2)8-13-17-14(19-18-13)11-6-7-12(16)10(3)15(11,4)5/h9-12H,6-8,16H2,1-5H3. The van der Waals surface area contributed by atoms with Crippen molar-refractivity contribution in [1.29, 1.82) is 0 Å². The van der Waals surface area contributed by atoms with Gasteiger partial charge in [-0.25, -0.2) is 0 Å². The SMILES string of the molecule is CC(C)Cc1noc(C2CCC(N)C(C)C2(C)C)n1. The van der Waals surface area contributed by atoms with Crippen molar-refractivity contribution >= 4 is 0 Å². The van der Waals surface area contributed by atoms with Crippen LogP contribution < -0.4 is 5.73 Å². The second-order valence-electron chi connectivity index (χ2n) is 7.05. The van der Waals surface area contributed by atoms with Crippen molar-refractivity contribution in [2.75, 3.05) is 0 Å². The maximum absolute atomic E-state index is 6.20. The summed E-state index contributed by atoms with van der Waals surface area (Å²) < 4.78 is 5.52. The van der Waals surface area contributed by atoms with Crippen LogP contribution in [0, 0.1) is 17.3 Å². The van der Waals surface area contributed by atoms with E-state index < -0.39 is 0 Å². The summed E-state index contributed by atoms with van der Waals surface area (Å²) in [6.07, 6.45) is 2.96. The van der Waals surface area contributed by atoms with Gasteiger partial charge in [-0.2, -0.15) is 4.98 Å². The molecule has 1 aliphatic carbocycles. The molecule has 2 N–H and O–H groups in total. The van der Waals surface area contributed by atoms with Gasteiger partial charge in [0, 0.05) is 18.4 Å². The van der Waals surface area contributed by atoms with E-state index in [1.807, 2.05) is 0 Å². The molecular weight excluding hydrogens is 238 g/mol. The lowest BCUT2D eigenvalue weighted by molar-refractivity contribution is 0.0806. The van der Waals surface area contributed by atoms with E-state index in [0.29, 0.717) is 17.8 Å². The van der Waals surface area contributed by atoms with Gasteiger partial charge in [0.25, 0.3) is 0 Å². The molecule has 1 aliphatic rings. The molecule has 0 aliphatic heterocycles. The molecule has 0 amide bonds. The second kappa shape index (κ2) is 5.23. The maximum atomic E-state index is 6.20. The van der Waals surface area contributed by atoms with Crippen LogP contribution in [0.4, 0.5) is 0 Å². The minimum absolute atomic E-state index is 0.110. The quantitative estimate of drug-likeness (QED) is 0.912. The minimum Gasteiger partial charge on any atom is -0.339 e. The molecule has 0 aromatic carbocycles. The van der Waals surface area contributed by atoms with Crippen LogP contribution in [0.15, 0.2) is 4.52 Å². The molecule has 4 heteroatoms. The monoisotopic (exact) mass is 265 g/mol. The van der Waals surface area contributed by atoms with Crippen molar-refractivity contribution in [2.24, 2.45) is 23.0 Å². The predicted octanol–water partition coefficient (Wildman–Crippen LogP) is 3.14. The fraction of sp³-hybridized carbons (Fsp3) is 0.867. The third-order valence-corrected chi connectivity index (χ3v) is 4.88. The Labute approximate surface area is 116 Å². The highest BCUT2D eigenvalue weighted by Gasteiger charge is 2.44. The Bertz CT molecular complexity index is 425.